The molecule has 0 aromatic rings. The van der Waals surface area contributed by atoms with E-state index in [1.54, 1.807) is 0 Å². The largest absolute Gasteiger partial charge is 0.327 e. The first-order valence-corrected chi connectivity index (χ1v) is 5.20. The van der Waals surface area contributed by atoms with Gasteiger partial charge in [0.1, 0.15) is 0 Å². The van der Waals surface area contributed by atoms with Crippen LogP contribution in [0.3, 0.4) is 0 Å². The molecule has 5 atom stereocenters. The van der Waals surface area contributed by atoms with Crippen molar-refractivity contribution in [3.05, 3.63) is 0 Å². The highest BCUT2D eigenvalue weighted by atomic mass is 15.1. The van der Waals surface area contributed by atoms with Crippen molar-refractivity contribution >= 4 is 0 Å². The van der Waals surface area contributed by atoms with Crippen LogP contribution in [-0.2, 0) is 0 Å². The Kier molecular flexibility index (Phi) is 1.25. The third-order valence-corrected chi connectivity index (χ3v) is 4.24. The molecular weight excluding hydrogens is 148 g/mol. The van der Waals surface area contributed by atoms with Crippen LogP contribution >= 0.6 is 0 Å². The smallest absolute Gasteiger partial charge is 0.0162 e. The molecule has 12 heavy (non-hydrogen) atoms. The third kappa shape index (κ3) is 0.826. The molecule has 4 rings (SSSR count). The number of hydrogen-bond acceptors (Lipinski definition) is 2. The van der Waals surface area contributed by atoms with Gasteiger partial charge in [0.2, 0.25) is 0 Å². The molecule has 3 N–H and O–H groups in total. The normalized spacial score (nSPS) is 62.5. The zero-order valence-corrected chi connectivity index (χ0v) is 7.72. The second kappa shape index (κ2) is 2.05. The predicted octanol–water partition coefficient (Wildman–Crippen LogP) is 0.864. The number of nitrogens with two attached hydrogens (primary N) is 1. The van der Waals surface area contributed by atoms with Crippen molar-refractivity contribution in [3.63, 3.8) is 0 Å². The summed E-state index contributed by atoms with van der Waals surface area (Å²) in [6.07, 6.45) is 5.32. The first-order valence-electron chi connectivity index (χ1n) is 5.20. The second-order valence-electron chi connectivity index (χ2n) is 5.38. The van der Waals surface area contributed by atoms with Crippen LogP contribution < -0.4 is 11.1 Å². The van der Waals surface area contributed by atoms with E-state index in [9.17, 15) is 0 Å². The maximum Gasteiger partial charge on any atom is 0.0162 e. The van der Waals surface area contributed by atoms with Gasteiger partial charge in [-0.3, -0.25) is 0 Å². The van der Waals surface area contributed by atoms with Gasteiger partial charge in [-0.1, -0.05) is 0 Å². The highest BCUT2D eigenvalue weighted by molar-refractivity contribution is 5.10. The van der Waals surface area contributed by atoms with Gasteiger partial charge in [0, 0.05) is 17.6 Å². The maximum absolute atomic E-state index is 6.20. The van der Waals surface area contributed by atoms with Gasteiger partial charge in [0.15, 0.2) is 0 Å². The Morgan fingerprint density at radius 2 is 1.83 bits per heavy atom. The zero-order valence-electron chi connectivity index (χ0n) is 7.72. The van der Waals surface area contributed by atoms with Crippen molar-refractivity contribution < 1.29 is 0 Å². The molecule has 2 heteroatoms. The number of nitrogens with one attached hydrogen (secondary N) is 1. The first kappa shape index (κ1) is 7.34. The standard InChI is InChI=1S/C10H18N2/c1-10-4-6-2-8(12-10)3-7(5-10)9(6)11/h6-9,12H,2-5,11H2,1H3/t6-,7+,8+,9?,10?. The minimum Gasteiger partial charge on any atom is -0.327 e. The minimum atomic E-state index is 0.451. The molecule has 0 aromatic carbocycles. The fourth-order valence-corrected chi connectivity index (χ4v) is 3.93. The van der Waals surface area contributed by atoms with E-state index in [1.807, 2.05) is 0 Å². The van der Waals surface area contributed by atoms with Crippen LogP contribution in [0, 0.1) is 11.8 Å². The Morgan fingerprint density at radius 3 is 2.33 bits per heavy atom. The monoisotopic (exact) mass is 166 g/mol. The van der Waals surface area contributed by atoms with E-state index >= 15 is 0 Å². The van der Waals surface area contributed by atoms with Crippen LogP contribution in [0.25, 0.3) is 0 Å². The molecule has 0 amide bonds. The maximum atomic E-state index is 6.20. The average Bonchev–Trinajstić information content (AvgIpc) is 1.96. The number of rotatable bonds is 0. The Bertz CT molecular complexity index is 198. The lowest BCUT2D eigenvalue weighted by molar-refractivity contribution is -0.00993. The zero-order chi connectivity index (χ0) is 8.34. The van der Waals surface area contributed by atoms with E-state index in [0.717, 1.165) is 17.9 Å². The molecule has 2 nitrogen and oxygen atoms in total. The quantitative estimate of drug-likeness (QED) is 0.560. The average molecular weight is 166 g/mol. The van der Waals surface area contributed by atoms with E-state index in [1.165, 1.54) is 25.7 Å². The summed E-state index contributed by atoms with van der Waals surface area (Å²) in [5.74, 6) is 1.66. The molecule has 4 aliphatic rings. The Balaban J connectivity index is 1.95. The van der Waals surface area contributed by atoms with Crippen molar-refractivity contribution in [1.29, 1.82) is 0 Å². The van der Waals surface area contributed by atoms with Crippen LogP contribution in [0.4, 0.5) is 0 Å². The lowest BCUT2D eigenvalue weighted by Crippen LogP contribution is -2.68. The topological polar surface area (TPSA) is 38.0 Å². The summed E-state index contributed by atoms with van der Waals surface area (Å²) in [5, 5.41) is 3.76. The van der Waals surface area contributed by atoms with Crippen LogP contribution in [0.5, 0.6) is 0 Å². The molecule has 2 saturated heterocycles. The summed E-state index contributed by atoms with van der Waals surface area (Å²) < 4.78 is 0. The van der Waals surface area contributed by atoms with E-state index in [-0.39, 0.29) is 0 Å². The second-order valence-corrected chi connectivity index (χ2v) is 5.38. The van der Waals surface area contributed by atoms with Crippen molar-refractivity contribution in [2.75, 3.05) is 0 Å². The third-order valence-electron chi connectivity index (χ3n) is 4.24. The number of hydrogen-bond donors (Lipinski definition) is 2. The van der Waals surface area contributed by atoms with Gasteiger partial charge in [-0.05, 0) is 44.4 Å². The fourth-order valence-electron chi connectivity index (χ4n) is 3.93. The van der Waals surface area contributed by atoms with Gasteiger partial charge in [-0.25, -0.2) is 0 Å². The predicted molar refractivity (Wildman–Crippen MR) is 48.8 cm³/mol. The van der Waals surface area contributed by atoms with Gasteiger partial charge in [0.05, 0.1) is 0 Å². The van der Waals surface area contributed by atoms with Gasteiger partial charge in [-0.2, -0.15) is 0 Å². The molecule has 2 aliphatic heterocycles. The van der Waals surface area contributed by atoms with E-state index < -0.39 is 0 Å². The van der Waals surface area contributed by atoms with E-state index in [0.29, 0.717) is 11.6 Å². The Morgan fingerprint density at radius 1 is 1.25 bits per heavy atom. The van der Waals surface area contributed by atoms with Crippen LogP contribution in [0.15, 0.2) is 0 Å². The molecule has 0 aromatic heterocycles. The molecule has 0 radical (unpaired) electrons. The van der Waals surface area contributed by atoms with Crippen molar-refractivity contribution in [2.24, 2.45) is 17.6 Å². The molecule has 4 bridgehead atoms. The summed E-state index contributed by atoms with van der Waals surface area (Å²) in [6.45, 7) is 2.38. The van der Waals surface area contributed by atoms with Gasteiger partial charge in [0.25, 0.3) is 0 Å². The number of piperidine rings is 2. The molecule has 4 fully saturated rings. The lowest BCUT2D eigenvalue weighted by atomic mass is 9.57. The van der Waals surface area contributed by atoms with Crippen LogP contribution in [0.2, 0.25) is 0 Å². The van der Waals surface area contributed by atoms with Gasteiger partial charge >= 0.3 is 0 Å². The molecule has 2 unspecified atom stereocenters. The van der Waals surface area contributed by atoms with Crippen molar-refractivity contribution in [3.8, 4) is 0 Å². The van der Waals surface area contributed by atoms with Gasteiger partial charge < -0.3 is 11.1 Å². The van der Waals surface area contributed by atoms with Gasteiger partial charge in [-0.15, -0.1) is 0 Å². The SMILES string of the molecule is CC12C[C@H]3C[C@@H](C[C@@H](C1)C3N)N2. The summed E-state index contributed by atoms with van der Waals surface area (Å²) in [5.41, 5.74) is 6.65. The molecule has 2 aliphatic carbocycles. The Labute approximate surface area is 73.9 Å². The minimum absolute atomic E-state index is 0.451. The molecule has 2 saturated carbocycles. The molecular formula is C10H18N2. The highest BCUT2D eigenvalue weighted by Crippen LogP contribution is 2.48. The summed E-state index contributed by atoms with van der Waals surface area (Å²) in [7, 11) is 0. The van der Waals surface area contributed by atoms with Crippen molar-refractivity contribution in [1.82, 2.24) is 5.32 Å². The highest BCUT2D eigenvalue weighted by Gasteiger charge is 2.51. The molecule has 68 valence electrons. The summed E-state index contributed by atoms with van der Waals surface area (Å²) in [6, 6.07) is 1.32. The summed E-state index contributed by atoms with van der Waals surface area (Å²) in [4.78, 5) is 0. The van der Waals surface area contributed by atoms with Crippen molar-refractivity contribution in [2.45, 2.75) is 50.2 Å². The Hall–Kier alpha value is -0.0800. The fraction of sp³-hybridized carbons (Fsp3) is 1.00. The molecule has 0 spiro atoms. The molecule has 2 heterocycles. The lowest BCUT2D eigenvalue weighted by Gasteiger charge is -2.59. The summed E-state index contributed by atoms with van der Waals surface area (Å²) >= 11 is 0. The van der Waals surface area contributed by atoms with E-state index in [2.05, 4.69) is 12.2 Å². The van der Waals surface area contributed by atoms with Crippen LogP contribution in [-0.4, -0.2) is 17.6 Å². The van der Waals surface area contributed by atoms with E-state index in [4.69, 9.17) is 5.73 Å². The van der Waals surface area contributed by atoms with Crippen LogP contribution in [0.1, 0.15) is 32.6 Å². The first-order chi connectivity index (χ1) is 5.66.